The van der Waals surface area contributed by atoms with Crippen LogP contribution in [0, 0.1) is 0 Å². The van der Waals surface area contributed by atoms with E-state index < -0.39 is 52.6 Å². The van der Waals surface area contributed by atoms with E-state index in [-0.39, 0.29) is 36.7 Å². The molecule has 1 aliphatic rings. The normalized spacial score (nSPS) is 13.9. The molecule has 0 bridgehead atoms. The number of halogens is 3. The number of hydrogen-bond donors (Lipinski definition) is 2. The van der Waals surface area contributed by atoms with Gasteiger partial charge in [-0.2, -0.15) is 13.2 Å². The number of fused-ring (bicyclic) bond motifs is 1. The van der Waals surface area contributed by atoms with Gasteiger partial charge in [0.25, 0.3) is 11.5 Å². The Morgan fingerprint density at radius 1 is 1.11 bits per heavy atom. The molecule has 0 unspecified atom stereocenters. The summed E-state index contributed by atoms with van der Waals surface area (Å²) in [4.78, 5) is 51.8. The number of amides is 2. The van der Waals surface area contributed by atoms with Gasteiger partial charge in [0, 0.05) is 18.3 Å². The molecular formula is C24H26F3N3O6. The molecule has 0 radical (unpaired) electrons. The van der Waals surface area contributed by atoms with Crippen molar-refractivity contribution in [2.24, 2.45) is 0 Å². The zero-order valence-corrected chi connectivity index (χ0v) is 20.2. The molecule has 9 nitrogen and oxygen atoms in total. The minimum atomic E-state index is -4.53. The molecule has 2 N–H and O–H groups in total. The third kappa shape index (κ3) is 5.86. The van der Waals surface area contributed by atoms with Gasteiger partial charge in [-0.3, -0.25) is 19.2 Å². The molecule has 0 fully saturated rings. The topological polar surface area (TPSA) is 118 Å². The van der Waals surface area contributed by atoms with Crippen molar-refractivity contribution in [3.05, 3.63) is 62.6 Å². The van der Waals surface area contributed by atoms with Crippen LogP contribution in [-0.2, 0) is 40.0 Å². The molecule has 0 aliphatic carbocycles. The molecule has 0 spiro atoms. The number of nitrogens with zero attached hydrogens (tertiary/aromatic N) is 2. The number of carbonyl (C=O) groups excluding carboxylic acids is 3. The summed E-state index contributed by atoms with van der Waals surface area (Å²) in [5.74, 6) is -2.87. The number of alkyl halides is 3. The van der Waals surface area contributed by atoms with E-state index in [1.54, 1.807) is 20.8 Å². The number of esters is 1. The smallest absolute Gasteiger partial charge is 0.416 e. The number of ether oxygens (including phenoxy) is 1. The molecule has 2 amide bonds. The largest absolute Gasteiger partial charge is 0.507 e. The van der Waals surface area contributed by atoms with Gasteiger partial charge in [0.05, 0.1) is 25.1 Å². The Morgan fingerprint density at radius 2 is 1.72 bits per heavy atom. The molecule has 1 aromatic carbocycles. The third-order valence-corrected chi connectivity index (χ3v) is 5.46. The fourth-order valence-electron chi connectivity index (χ4n) is 3.75. The van der Waals surface area contributed by atoms with Gasteiger partial charge in [-0.05, 0) is 38.5 Å². The minimum Gasteiger partial charge on any atom is -0.507 e. The first kappa shape index (κ1) is 26.8. The highest BCUT2D eigenvalue weighted by atomic mass is 19.4. The SMILES string of the molecule is CN1Cc2c(c(O)c(C(=O)NCC(=O)OC(C)(C)C)c(=O)n2Cc2ccc(C(F)(F)F)cc2)CC1=O. The number of rotatable bonds is 5. The molecule has 2 heterocycles. The van der Waals surface area contributed by atoms with Crippen LogP contribution in [0.3, 0.4) is 0 Å². The maximum absolute atomic E-state index is 13.3. The molecule has 1 aliphatic heterocycles. The number of pyridine rings is 1. The quantitative estimate of drug-likeness (QED) is 0.597. The summed E-state index contributed by atoms with van der Waals surface area (Å²) >= 11 is 0. The van der Waals surface area contributed by atoms with E-state index >= 15 is 0 Å². The van der Waals surface area contributed by atoms with Crippen molar-refractivity contribution < 1.29 is 37.4 Å². The van der Waals surface area contributed by atoms with Crippen LogP contribution in [0.2, 0.25) is 0 Å². The Morgan fingerprint density at radius 3 is 2.28 bits per heavy atom. The standard InChI is InChI=1S/C24H26F3N3O6/c1-23(2,3)36-18(32)10-28-21(34)19-20(33)15-9-17(31)29(4)12-16(15)30(22(19)35)11-13-5-7-14(8-6-13)24(25,26)27/h5-8,33H,9-12H2,1-4H3,(H,28,34). The highest BCUT2D eigenvalue weighted by Gasteiger charge is 2.33. The van der Waals surface area contributed by atoms with Gasteiger partial charge in [-0.15, -0.1) is 0 Å². The number of carbonyl (C=O) groups is 3. The third-order valence-electron chi connectivity index (χ3n) is 5.46. The summed E-state index contributed by atoms with van der Waals surface area (Å²) in [6.45, 7) is 4.06. The van der Waals surface area contributed by atoms with Gasteiger partial charge >= 0.3 is 12.1 Å². The summed E-state index contributed by atoms with van der Waals surface area (Å²) in [7, 11) is 1.50. The van der Waals surface area contributed by atoms with E-state index in [0.717, 1.165) is 16.7 Å². The van der Waals surface area contributed by atoms with Gasteiger partial charge in [0.15, 0.2) is 0 Å². The Labute approximate surface area is 204 Å². The van der Waals surface area contributed by atoms with Crippen LogP contribution in [0.1, 0.15) is 53.5 Å². The molecule has 3 rings (SSSR count). The van der Waals surface area contributed by atoms with Gasteiger partial charge in [-0.25, -0.2) is 0 Å². The molecule has 0 saturated heterocycles. The van der Waals surface area contributed by atoms with E-state index in [4.69, 9.17) is 4.74 Å². The van der Waals surface area contributed by atoms with Crippen LogP contribution in [0.5, 0.6) is 5.75 Å². The molecule has 1 aromatic heterocycles. The number of aromatic hydroxyl groups is 1. The number of likely N-dealkylation sites (N-methyl/N-ethyl adjacent to an activating group) is 1. The van der Waals surface area contributed by atoms with E-state index in [2.05, 4.69) is 5.32 Å². The summed E-state index contributed by atoms with van der Waals surface area (Å²) in [6, 6.07) is 4.15. The predicted octanol–water partition coefficient (Wildman–Crippen LogP) is 2.21. The maximum atomic E-state index is 13.3. The molecular weight excluding hydrogens is 483 g/mol. The first-order chi connectivity index (χ1) is 16.6. The highest BCUT2D eigenvalue weighted by molar-refractivity contribution is 5.99. The van der Waals surface area contributed by atoms with Crippen LogP contribution in [0.4, 0.5) is 13.2 Å². The lowest BCUT2D eigenvalue weighted by Crippen LogP contribution is -2.42. The summed E-state index contributed by atoms with van der Waals surface area (Å²) in [6.07, 6.45) is -4.83. The highest BCUT2D eigenvalue weighted by Crippen LogP contribution is 2.31. The number of nitrogens with one attached hydrogen (secondary N) is 1. The predicted molar refractivity (Wildman–Crippen MR) is 121 cm³/mol. The molecule has 2 aromatic rings. The first-order valence-corrected chi connectivity index (χ1v) is 11.0. The van der Waals surface area contributed by atoms with Crippen molar-refractivity contribution in [3.8, 4) is 5.75 Å². The fraction of sp³-hybridized carbons (Fsp3) is 0.417. The van der Waals surface area contributed by atoms with Crippen molar-refractivity contribution in [1.82, 2.24) is 14.8 Å². The average Bonchev–Trinajstić information content (AvgIpc) is 2.75. The van der Waals surface area contributed by atoms with Gasteiger partial charge in [-0.1, -0.05) is 12.1 Å². The van der Waals surface area contributed by atoms with Crippen LogP contribution in [0.15, 0.2) is 29.1 Å². The Kier molecular flexibility index (Phi) is 7.19. The first-order valence-electron chi connectivity index (χ1n) is 11.0. The molecule has 0 atom stereocenters. The van der Waals surface area contributed by atoms with Crippen LogP contribution in [0.25, 0.3) is 0 Å². The van der Waals surface area contributed by atoms with Crippen LogP contribution < -0.4 is 10.9 Å². The zero-order valence-electron chi connectivity index (χ0n) is 20.2. The summed E-state index contributed by atoms with van der Waals surface area (Å²) < 4.78 is 45.0. The lowest BCUT2D eigenvalue weighted by atomic mass is 9.99. The number of benzene rings is 1. The van der Waals surface area contributed by atoms with Crippen molar-refractivity contribution in [2.45, 2.75) is 52.1 Å². The van der Waals surface area contributed by atoms with Crippen molar-refractivity contribution >= 4 is 17.8 Å². The van der Waals surface area contributed by atoms with E-state index in [0.29, 0.717) is 5.56 Å². The lowest BCUT2D eigenvalue weighted by Gasteiger charge is -2.29. The van der Waals surface area contributed by atoms with Crippen LogP contribution >= 0.6 is 0 Å². The van der Waals surface area contributed by atoms with Crippen molar-refractivity contribution in [2.75, 3.05) is 13.6 Å². The zero-order chi connectivity index (χ0) is 27.0. The monoisotopic (exact) mass is 509 g/mol. The van der Waals surface area contributed by atoms with E-state index in [9.17, 15) is 37.5 Å². The van der Waals surface area contributed by atoms with Gasteiger partial charge < -0.3 is 24.6 Å². The van der Waals surface area contributed by atoms with Crippen molar-refractivity contribution in [1.29, 1.82) is 0 Å². The minimum absolute atomic E-state index is 0.0581. The maximum Gasteiger partial charge on any atom is 0.416 e. The number of hydrogen-bond acceptors (Lipinski definition) is 6. The summed E-state index contributed by atoms with van der Waals surface area (Å²) in [5, 5.41) is 13.0. The average molecular weight is 509 g/mol. The summed E-state index contributed by atoms with van der Waals surface area (Å²) in [5.41, 5.74) is -2.62. The second-order valence-corrected chi connectivity index (χ2v) is 9.43. The second-order valence-electron chi connectivity index (χ2n) is 9.43. The van der Waals surface area contributed by atoms with E-state index in [1.165, 1.54) is 24.1 Å². The fourth-order valence-corrected chi connectivity index (χ4v) is 3.75. The Hall–Kier alpha value is -3.83. The van der Waals surface area contributed by atoms with Gasteiger partial charge in [0.1, 0.15) is 23.5 Å². The Balaban J connectivity index is 2.02. The molecule has 36 heavy (non-hydrogen) atoms. The van der Waals surface area contributed by atoms with Gasteiger partial charge in [0.2, 0.25) is 5.91 Å². The molecule has 194 valence electrons. The number of aromatic nitrogens is 1. The lowest BCUT2D eigenvalue weighted by molar-refractivity contribution is -0.153. The Bertz CT molecular complexity index is 1260. The second kappa shape index (κ2) is 9.67. The van der Waals surface area contributed by atoms with Crippen LogP contribution in [-0.4, -0.2) is 51.6 Å². The van der Waals surface area contributed by atoms with Crippen molar-refractivity contribution in [3.63, 3.8) is 0 Å². The molecule has 12 heteroatoms. The van der Waals surface area contributed by atoms with E-state index in [1.807, 2.05) is 0 Å². The molecule has 0 saturated carbocycles.